The highest BCUT2D eigenvalue weighted by Gasteiger charge is 2.34. The van der Waals surface area contributed by atoms with Crippen LogP contribution < -0.4 is 5.32 Å². The number of hydrogen-bond donors (Lipinski definition) is 2. The van der Waals surface area contributed by atoms with Crippen molar-refractivity contribution in [1.82, 2.24) is 23.8 Å². The Balaban J connectivity index is 1.61. The molecule has 0 aliphatic heterocycles. The molecule has 0 bridgehead atoms. The maximum atomic E-state index is 13.3. The van der Waals surface area contributed by atoms with Crippen LogP contribution in [0.25, 0.3) is 22.1 Å². The molecule has 1 aromatic carbocycles. The molecule has 4 aromatic rings. The lowest BCUT2D eigenvalue weighted by Crippen LogP contribution is -2.35. The van der Waals surface area contributed by atoms with Crippen molar-refractivity contribution in [3.63, 3.8) is 0 Å². The molecule has 35 heavy (non-hydrogen) atoms. The van der Waals surface area contributed by atoms with Gasteiger partial charge in [0, 0.05) is 23.7 Å². The van der Waals surface area contributed by atoms with Crippen LogP contribution >= 0.6 is 0 Å². The first kappa shape index (κ1) is 23.8. The van der Waals surface area contributed by atoms with Gasteiger partial charge in [-0.25, -0.2) is 22.4 Å². The van der Waals surface area contributed by atoms with Gasteiger partial charge in [0.1, 0.15) is 17.4 Å². The minimum atomic E-state index is -4.30. The molecule has 3 atom stereocenters. The van der Waals surface area contributed by atoms with Gasteiger partial charge in [0.15, 0.2) is 5.65 Å². The van der Waals surface area contributed by atoms with Gasteiger partial charge in [0.05, 0.1) is 23.2 Å². The third-order valence-corrected chi connectivity index (χ3v) is 8.07. The lowest BCUT2D eigenvalue weighted by Gasteiger charge is -2.19. The normalized spacial score (nSPS) is 20.1. The molecule has 0 spiro atoms. The molecule has 8 nitrogen and oxygen atoms in total. The summed E-state index contributed by atoms with van der Waals surface area (Å²) in [5.74, 6) is 0.370. The van der Waals surface area contributed by atoms with Crippen molar-refractivity contribution in [2.75, 3.05) is 6.54 Å². The van der Waals surface area contributed by atoms with Crippen LogP contribution in [-0.4, -0.2) is 50.8 Å². The molecule has 1 fully saturated rings. The number of alkyl halides is 3. The van der Waals surface area contributed by atoms with Gasteiger partial charge in [-0.2, -0.15) is 13.2 Å². The highest BCUT2D eigenvalue weighted by Crippen LogP contribution is 2.38. The molecule has 1 aliphatic carbocycles. The Hall–Kier alpha value is -2.96. The molecule has 186 valence electrons. The molecule has 12 heteroatoms. The lowest BCUT2D eigenvalue weighted by atomic mass is 10.2. The van der Waals surface area contributed by atoms with Crippen LogP contribution in [0.2, 0.25) is 0 Å². The molecule has 0 saturated heterocycles. The predicted octanol–water partition coefficient (Wildman–Crippen LogP) is 3.92. The molecular formula is C23H24F3N5O3S. The summed E-state index contributed by atoms with van der Waals surface area (Å²) < 4.78 is 67.5. The summed E-state index contributed by atoms with van der Waals surface area (Å²) in [7, 11) is -3.90. The zero-order valence-corrected chi connectivity index (χ0v) is 19.6. The number of imidazole rings is 1. The van der Waals surface area contributed by atoms with Gasteiger partial charge in [0.25, 0.3) is 10.0 Å². The van der Waals surface area contributed by atoms with Gasteiger partial charge >= 0.3 is 6.18 Å². The summed E-state index contributed by atoms with van der Waals surface area (Å²) in [4.78, 5) is 9.02. The molecule has 1 aliphatic rings. The van der Waals surface area contributed by atoms with E-state index in [1.54, 1.807) is 31.2 Å². The summed E-state index contributed by atoms with van der Waals surface area (Å²) in [5, 5.41) is 13.5. The summed E-state index contributed by atoms with van der Waals surface area (Å²) in [6, 6.07) is 9.10. The number of nitrogens with zero attached hydrogens (tertiary/aromatic N) is 4. The van der Waals surface area contributed by atoms with E-state index in [4.69, 9.17) is 0 Å². The minimum absolute atomic E-state index is 0.118. The molecular weight excluding hydrogens is 483 g/mol. The SMILES string of the molecule is C[C@@H](O)c1nc2cnc3c(ccn3S(=O)(=O)c3ccccc3)c2n1[C@H]1CC[C@@H](NCC(F)(F)F)C1. The van der Waals surface area contributed by atoms with E-state index >= 15 is 0 Å². The second-order valence-corrected chi connectivity index (χ2v) is 10.6. The number of benzene rings is 1. The standard InChI is InChI=1S/C23H24F3N5O3S/c1-14(32)21-29-19-12-27-22-18(9-10-30(22)35(33,34)17-5-3-2-4-6-17)20(19)31(21)16-8-7-15(11-16)28-13-23(24,25)26/h2-6,9-10,12,14-16,28,32H,7-8,11,13H2,1H3/t14-,15-,16+/m1/s1. The zero-order chi connectivity index (χ0) is 25.0. The minimum Gasteiger partial charge on any atom is -0.385 e. The largest absolute Gasteiger partial charge is 0.401 e. The molecule has 2 N–H and O–H groups in total. The van der Waals surface area contributed by atoms with Crippen molar-refractivity contribution in [1.29, 1.82) is 0 Å². The molecule has 1 saturated carbocycles. The van der Waals surface area contributed by atoms with E-state index in [0.717, 1.165) is 3.97 Å². The summed E-state index contributed by atoms with van der Waals surface area (Å²) >= 11 is 0. The number of fused-ring (bicyclic) bond motifs is 3. The second kappa shape index (κ2) is 8.61. The van der Waals surface area contributed by atoms with Crippen LogP contribution in [0.15, 0.2) is 53.7 Å². The van der Waals surface area contributed by atoms with E-state index in [1.807, 2.05) is 4.57 Å². The van der Waals surface area contributed by atoms with Crippen LogP contribution in [0.1, 0.15) is 44.2 Å². The van der Waals surface area contributed by atoms with E-state index in [2.05, 4.69) is 15.3 Å². The van der Waals surface area contributed by atoms with Crippen molar-refractivity contribution >= 4 is 32.1 Å². The average Bonchev–Trinajstić information content (AvgIpc) is 3.53. The van der Waals surface area contributed by atoms with Crippen molar-refractivity contribution in [2.45, 2.75) is 55.4 Å². The lowest BCUT2D eigenvalue weighted by molar-refractivity contribution is -0.126. The van der Waals surface area contributed by atoms with E-state index < -0.39 is 28.8 Å². The van der Waals surface area contributed by atoms with Crippen molar-refractivity contribution in [3.8, 4) is 0 Å². The third-order valence-electron chi connectivity index (χ3n) is 6.39. The smallest absolute Gasteiger partial charge is 0.385 e. The number of halogens is 3. The van der Waals surface area contributed by atoms with Gasteiger partial charge in [-0.1, -0.05) is 18.2 Å². The number of nitrogens with one attached hydrogen (secondary N) is 1. The highest BCUT2D eigenvalue weighted by atomic mass is 32.2. The maximum Gasteiger partial charge on any atom is 0.401 e. The molecule has 3 aromatic heterocycles. The summed E-state index contributed by atoms with van der Waals surface area (Å²) in [5.41, 5.74) is 1.30. The number of hydrogen-bond acceptors (Lipinski definition) is 6. The Bertz CT molecular complexity index is 1480. The Morgan fingerprint density at radius 3 is 2.63 bits per heavy atom. The van der Waals surface area contributed by atoms with E-state index in [0.29, 0.717) is 41.5 Å². The number of aromatic nitrogens is 4. The highest BCUT2D eigenvalue weighted by molar-refractivity contribution is 7.90. The van der Waals surface area contributed by atoms with E-state index in [9.17, 15) is 26.7 Å². The fraction of sp³-hybridized carbons (Fsp3) is 0.391. The Kier molecular flexibility index (Phi) is 5.85. The first-order valence-corrected chi connectivity index (χ1v) is 12.7. The Morgan fingerprint density at radius 1 is 1.20 bits per heavy atom. The predicted molar refractivity (Wildman–Crippen MR) is 123 cm³/mol. The summed E-state index contributed by atoms with van der Waals surface area (Å²) in [6.45, 7) is 0.508. The van der Waals surface area contributed by atoms with Crippen LogP contribution in [0, 0.1) is 0 Å². The van der Waals surface area contributed by atoms with E-state index in [-0.39, 0.29) is 22.6 Å². The fourth-order valence-corrected chi connectivity index (χ4v) is 6.19. The number of rotatable bonds is 6. The van der Waals surface area contributed by atoms with Crippen molar-refractivity contribution < 1.29 is 26.7 Å². The van der Waals surface area contributed by atoms with Crippen LogP contribution in [0.5, 0.6) is 0 Å². The molecule has 0 unspecified atom stereocenters. The Morgan fingerprint density at radius 2 is 1.94 bits per heavy atom. The topological polar surface area (TPSA) is 102 Å². The van der Waals surface area contributed by atoms with Crippen LogP contribution in [0.3, 0.4) is 0 Å². The van der Waals surface area contributed by atoms with Gasteiger partial charge in [-0.15, -0.1) is 0 Å². The maximum absolute atomic E-state index is 13.3. The number of aliphatic hydroxyl groups is 1. The van der Waals surface area contributed by atoms with Crippen LogP contribution in [-0.2, 0) is 10.0 Å². The first-order valence-electron chi connectivity index (χ1n) is 11.2. The van der Waals surface area contributed by atoms with Crippen molar-refractivity contribution in [2.24, 2.45) is 0 Å². The molecule has 0 amide bonds. The molecule has 5 rings (SSSR count). The molecule has 3 heterocycles. The first-order chi connectivity index (χ1) is 16.6. The number of aliphatic hydroxyl groups excluding tert-OH is 1. The average molecular weight is 508 g/mol. The fourth-order valence-electron chi connectivity index (χ4n) is 4.87. The van der Waals surface area contributed by atoms with Gasteiger partial charge < -0.3 is 15.0 Å². The zero-order valence-electron chi connectivity index (χ0n) is 18.8. The number of pyridine rings is 1. The second-order valence-electron chi connectivity index (χ2n) is 8.83. The molecule has 0 radical (unpaired) electrons. The van der Waals surface area contributed by atoms with Gasteiger partial charge in [-0.3, -0.25) is 0 Å². The monoisotopic (exact) mass is 507 g/mol. The van der Waals surface area contributed by atoms with E-state index in [1.165, 1.54) is 24.5 Å². The van der Waals surface area contributed by atoms with Gasteiger partial charge in [0.2, 0.25) is 0 Å². The summed E-state index contributed by atoms with van der Waals surface area (Å²) in [6.07, 6.45) is -0.782. The third kappa shape index (κ3) is 4.30. The van der Waals surface area contributed by atoms with Crippen molar-refractivity contribution in [3.05, 3.63) is 54.6 Å². The van der Waals surface area contributed by atoms with Gasteiger partial charge in [-0.05, 0) is 44.4 Å². The quantitative estimate of drug-likeness (QED) is 0.410. The Labute approximate surface area is 199 Å². The van der Waals surface area contributed by atoms with Crippen LogP contribution in [0.4, 0.5) is 13.2 Å².